The summed E-state index contributed by atoms with van der Waals surface area (Å²) in [4.78, 5) is 3.91. The summed E-state index contributed by atoms with van der Waals surface area (Å²) in [5, 5.41) is 13.1. The zero-order valence-corrected chi connectivity index (χ0v) is 7.78. The second kappa shape index (κ2) is 3.13. The summed E-state index contributed by atoms with van der Waals surface area (Å²) in [6.07, 6.45) is 4.82. The van der Waals surface area contributed by atoms with Gasteiger partial charge in [-0.3, -0.25) is 0 Å². The molecule has 72 valence electrons. The molecule has 0 atom stereocenters. The number of hydrogen-bond donors (Lipinski definition) is 0. The lowest BCUT2D eigenvalue weighted by atomic mass is 10.2. The second-order valence-corrected chi connectivity index (χ2v) is 3.09. The molecule has 0 aliphatic heterocycles. The zero-order chi connectivity index (χ0) is 10.1. The lowest BCUT2D eigenvalue weighted by molar-refractivity contribution is 0.871. The minimum Gasteiger partial charge on any atom is -0.223 e. The Morgan fingerprint density at radius 1 is 1.13 bits per heavy atom. The summed E-state index contributed by atoms with van der Waals surface area (Å²) in [7, 11) is 0. The van der Waals surface area contributed by atoms with Crippen molar-refractivity contribution in [1.82, 2.24) is 25.0 Å². The molecule has 3 rings (SSSR count). The van der Waals surface area contributed by atoms with Gasteiger partial charge >= 0.3 is 0 Å². The Morgan fingerprint density at radius 2 is 2.07 bits per heavy atom. The van der Waals surface area contributed by atoms with Crippen LogP contribution in [0.2, 0.25) is 0 Å². The van der Waals surface area contributed by atoms with E-state index < -0.39 is 0 Å². The molecule has 2 aromatic heterocycles. The van der Waals surface area contributed by atoms with Crippen molar-refractivity contribution in [3.8, 4) is 5.69 Å². The first-order valence-electron chi connectivity index (χ1n) is 4.50. The van der Waals surface area contributed by atoms with Gasteiger partial charge in [-0.1, -0.05) is 18.2 Å². The van der Waals surface area contributed by atoms with Crippen LogP contribution in [-0.4, -0.2) is 25.0 Å². The van der Waals surface area contributed by atoms with E-state index >= 15 is 0 Å². The van der Waals surface area contributed by atoms with Crippen molar-refractivity contribution in [3.63, 3.8) is 0 Å². The molecule has 5 nitrogen and oxygen atoms in total. The normalized spacial score (nSPS) is 10.7. The number of rotatable bonds is 1. The van der Waals surface area contributed by atoms with Gasteiger partial charge in [0.05, 0.1) is 17.4 Å². The van der Waals surface area contributed by atoms with E-state index in [2.05, 4.69) is 20.3 Å². The van der Waals surface area contributed by atoms with Crippen LogP contribution in [0.4, 0.5) is 0 Å². The van der Waals surface area contributed by atoms with Gasteiger partial charge < -0.3 is 0 Å². The molecule has 1 aromatic carbocycles. The molecule has 0 spiro atoms. The minimum absolute atomic E-state index is 0.852. The quantitative estimate of drug-likeness (QED) is 0.588. The SMILES string of the molecule is c1ccc2c(-n3cncn3)cnnc2c1. The Morgan fingerprint density at radius 3 is 2.93 bits per heavy atom. The summed E-state index contributed by atoms with van der Waals surface area (Å²) < 4.78 is 1.68. The molecule has 0 aliphatic rings. The largest absolute Gasteiger partial charge is 0.223 e. The molecule has 0 bridgehead atoms. The highest BCUT2D eigenvalue weighted by Gasteiger charge is 2.03. The van der Waals surface area contributed by atoms with Crippen LogP contribution in [0.1, 0.15) is 0 Å². The van der Waals surface area contributed by atoms with Crippen molar-refractivity contribution < 1.29 is 0 Å². The first-order valence-corrected chi connectivity index (χ1v) is 4.50. The van der Waals surface area contributed by atoms with Crippen molar-refractivity contribution in [2.24, 2.45) is 0 Å². The number of fused-ring (bicyclic) bond motifs is 1. The van der Waals surface area contributed by atoms with E-state index in [9.17, 15) is 0 Å². The van der Waals surface area contributed by atoms with Crippen LogP contribution in [0.5, 0.6) is 0 Å². The minimum atomic E-state index is 0.852. The molecule has 0 fully saturated rings. The second-order valence-electron chi connectivity index (χ2n) is 3.09. The average Bonchev–Trinajstić information content (AvgIpc) is 2.82. The number of aromatic nitrogens is 5. The van der Waals surface area contributed by atoms with Crippen molar-refractivity contribution >= 4 is 10.9 Å². The fourth-order valence-corrected chi connectivity index (χ4v) is 1.51. The lowest BCUT2D eigenvalue weighted by Crippen LogP contribution is -1.97. The van der Waals surface area contributed by atoms with Gasteiger partial charge in [0, 0.05) is 5.39 Å². The van der Waals surface area contributed by atoms with Crippen molar-refractivity contribution in [2.45, 2.75) is 0 Å². The van der Waals surface area contributed by atoms with Crippen LogP contribution in [0.3, 0.4) is 0 Å². The maximum atomic E-state index is 4.07. The third-order valence-corrected chi connectivity index (χ3v) is 2.19. The van der Waals surface area contributed by atoms with Gasteiger partial charge in [0.1, 0.15) is 12.7 Å². The van der Waals surface area contributed by atoms with Crippen molar-refractivity contribution in [2.75, 3.05) is 0 Å². The van der Waals surface area contributed by atoms with Crippen molar-refractivity contribution in [3.05, 3.63) is 43.1 Å². The molecule has 15 heavy (non-hydrogen) atoms. The molecule has 0 aliphatic carbocycles. The highest BCUT2D eigenvalue weighted by molar-refractivity contribution is 5.85. The van der Waals surface area contributed by atoms with Crippen LogP contribution in [0, 0.1) is 0 Å². The van der Waals surface area contributed by atoms with Crippen LogP contribution in [0.25, 0.3) is 16.6 Å². The molecule has 0 N–H and O–H groups in total. The van der Waals surface area contributed by atoms with E-state index in [0.717, 1.165) is 16.6 Å². The topological polar surface area (TPSA) is 56.5 Å². The van der Waals surface area contributed by atoms with E-state index in [0.29, 0.717) is 0 Å². The highest BCUT2D eigenvalue weighted by Crippen LogP contribution is 2.17. The first kappa shape index (κ1) is 8.05. The molecule has 0 saturated heterocycles. The molecule has 0 unspecified atom stereocenters. The molecule has 0 saturated carbocycles. The Kier molecular flexibility index (Phi) is 1.68. The van der Waals surface area contributed by atoms with Crippen LogP contribution in [0.15, 0.2) is 43.1 Å². The molecule has 5 heteroatoms. The van der Waals surface area contributed by atoms with Gasteiger partial charge in [-0.05, 0) is 6.07 Å². The molecular formula is C10H7N5. The summed E-state index contributed by atoms with van der Waals surface area (Å²) in [5.74, 6) is 0. The van der Waals surface area contributed by atoms with E-state index in [1.54, 1.807) is 17.2 Å². The summed E-state index contributed by atoms with van der Waals surface area (Å²) in [5.41, 5.74) is 1.74. The van der Waals surface area contributed by atoms with Crippen LogP contribution in [-0.2, 0) is 0 Å². The fraction of sp³-hybridized carbons (Fsp3) is 0. The maximum absolute atomic E-state index is 4.07. The molecule has 0 radical (unpaired) electrons. The number of benzene rings is 1. The van der Waals surface area contributed by atoms with Gasteiger partial charge in [0.25, 0.3) is 0 Å². The lowest BCUT2D eigenvalue weighted by Gasteiger charge is -2.02. The highest BCUT2D eigenvalue weighted by atomic mass is 15.3. The third kappa shape index (κ3) is 1.25. The predicted molar refractivity (Wildman–Crippen MR) is 54.5 cm³/mol. The van der Waals surface area contributed by atoms with Crippen LogP contribution < -0.4 is 0 Å². The van der Waals surface area contributed by atoms with Gasteiger partial charge in [-0.15, -0.1) is 0 Å². The zero-order valence-electron chi connectivity index (χ0n) is 7.78. The first-order chi connectivity index (χ1) is 7.45. The van der Waals surface area contributed by atoms with Gasteiger partial charge in [0.15, 0.2) is 0 Å². The average molecular weight is 197 g/mol. The van der Waals surface area contributed by atoms with Crippen molar-refractivity contribution in [1.29, 1.82) is 0 Å². The third-order valence-electron chi connectivity index (χ3n) is 2.19. The van der Waals surface area contributed by atoms with Gasteiger partial charge in [0.2, 0.25) is 0 Å². The van der Waals surface area contributed by atoms with E-state index in [4.69, 9.17) is 0 Å². The Labute approximate surface area is 85.4 Å². The van der Waals surface area contributed by atoms with E-state index in [-0.39, 0.29) is 0 Å². The summed E-state index contributed by atoms with van der Waals surface area (Å²) in [6.45, 7) is 0. The van der Waals surface area contributed by atoms with Gasteiger partial charge in [-0.25, -0.2) is 9.67 Å². The number of nitrogens with zero attached hydrogens (tertiary/aromatic N) is 5. The maximum Gasteiger partial charge on any atom is 0.138 e. The van der Waals surface area contributed by atoms with Crippen LogP contribution >= 0.6 is 0 Å². The number of hydrogen-bond acceptors (Lipinski definition) is 4. The standard InChI is InChI=1S/C10H7N5/c1-2-4-9-8(3-1)10(5-12-14-9)15-7-11-6-13-15/h1-7H. The van der Waals surface area contributed by atoms with E-state index in [1.807, 2.05) is 24.3 Å². The van der Waals surface area contributed by atoms with E-state index in [1.165, 1.54) is 6.33 Å². The Balaban J connectivity index is 2.36. The summed E-state index contributed by atoms with van der Waals surface area (Å²) in [6, 6.07) is 7.80. The molecule has 2 heterocycles. The smallest absolute Gasteiger partial charge is 0.138 e. The van der Waals surface area contributed by atoms with Gasteiger partial charge in [-0.2, -0.15) is 15.3 Å². The monoisotopic (exact) mass is 197 g/mol. The summed E-state index contributed by atoms with van der Waals surface area (Å²) >= 11 is 0. The Bertz CT molecular complexity index is 582. The molecule has 3 aromatic rings. The predicted octanol–water partition coefficient (Wildman–Crippen LogP) is 1.21. The molecular weight excluding hydrogens is 190 g/mol. The Hall–Kier alpha value is -2.30. The fourth-order valence-electron chi connectivity index (χ4n) is 1.51. The molecule has 0 amide bonds.